The molecule has 1 N–H and O–H groups in total. The average Bonchev–Trinajstić information content (AvgIpc) is 3.17. The Hall–Kier alpha value is -3.17. The number of nitrogens with one attached hydrogen (secondary N) is 1. The van der Waals surface area contributed by atoms with Crippen LogP contribution in [0.3, 0.4) is 0 Å². The molecule has 0 bridgehead atoms. The van der Waals surface area contributed by atoms with Crippen molar-refractivity contribution in [1.82, 2.24) is 4.98 Å². The summed E-state index contributed by atoms with van der Waals surface area (Å²) in [4.78, 5) is 19.3. The summed E-state index contributed by atoms with van der Waals surface area (Å²) in [7, 11) is 0. The van der Waals surface area contributed by atoms with E-state index in [1.54, 1.807) is 10.3 Å². The summed E-state index contributed by atoms with van der Waals surface area (Å²) in [6.45, 7) is 2.10. The second kappa shape index (κ2) is 6.62. The van der Waals surface area contributed by atoms with Crippen molar-refractivity contribution < 1.29 is 4.79 Å². The highest BCUT2D eigenvalue weighted by Crippen LogP contribution is 2.37. The van der Waals surface area contributed by atoms with Gasteiger partial charge in [-0.3, -0.25) is 9.69 Å². The van der Waals surface area contributed by atoms with E-state index in [4.69, 9.17) is 5.26 Å². The molecule has 0 spiro atoms. The molecule has 2 heterocycles. The van der Waals surface area contributed by atoms with Crippen molar-refractivity contribution in [2.45, 2.75) is 19.5 Å². The van der Waals surface area contributed by atoms with Gasteiger partial charge in [0.25, 0.3) is 5.91 Å². The zero-order valence-corrected chi connectivity index (χ0v) is 15.0. The zero-order chi connectivity index (χ0) is 18.1. The van der Waals surface area contributed by atoms with Crippen LogP contribution in [-0.4, -0.2) is 10.9 Å². The fourth-order valence-corrected chi connectivity index (χ4v) is 3.83. The maximum atomic E-state index is 13.2. The Morgan fingerprint density at radius 3 is 2.69 bits per heavy atom. The van der Waals surface area contributed by atoms with Crippen LogP contribution in [0, 0.1) is 11.3 Å². The number of aromatic nitrogens is 1. The summed E-state index contributed by atoms with van der Waals surface area (Å²) in [6, 6.07) is 17.5. The quantitative estimate of drug-likeness (QED) is 0.754. The van der Waals surface area contributed by atoms with Gasteiger partial charge in [-0.05, 0) is 36.2 Å². The SMILES string of the molecule is CCc1ccc(N2C(=O)c3ccccc3NC2c2nc(C#N)cs2)cc1. The second-order valence-electron chi connectivity index (χ2n) is 5.97. The lowest BCUT2D eigenvalue weighted by atomic mass is 10.1. The zero-order valence-electron chi connectivity index (χ0n) is 14.1. The maximum absolute atomic E-state index is 13.2. The van der Waals surface area contributed by atoms with Crippen molar-refractivity contribution in [3.05, 3.63) is 75.7 Å². The van der Waals surface area contributed by atoms with E-state index in [0.717, 1.165) is 17.8 Å². The third kappa shape index (κ3) is 2.72. The highest BCUT2D eigenvalue weighted by molar-refractivity contribution is 7.09. The Labute approximate surface area is 155 Å². The van der Waals surface area contributed by atoms with Crippen LogP contribution in [0.5, 0.6) is 0 Å². The number of nitriles is 1. The molecular weight excluding hydrogens is 344 g/mol. The molecule has 6 heteroatoms. The van der Waals surface area contributed by atoms with Gasteiger partial charge in [-0.1, -0.05) is 31.2 Å². The van der Waals surface area contributed by atoms with Crippen molar-refractivity contribution in [3.8, 4) is 6.07 Å². The maximum Gasteiger partial charge on any atom is 0.262 e. The van der Waals surface area contributed by atoms with E-state index in [1.165, 1.54) is 16.9 Å². The molecule has 3 aromatic rings. The number of nitrogens with zero attached hydrogens (tertiary/aromatic N) is 3. The number of hydrogen-bond donors (Lipinski definition) is 1. The van der Waals surface area contributed by atoms with Gasteiger partial charge in [-0.25, -0.2) is 4.98 Å². The second-order valence-corrected chi connectivity index (χ2v) is 6.86. The van der Waals surface area contributed by atoms with Gasteiger partial charge in [0, 0.05) is 16.8 Å². The molecule has 0 radical (unpaired) electrons. The number of para-hydroxylation sites is 1. The molecule has 26 heavy (non-hydrogen) atoms. The number of amides is 1. The highest BCUT2D eigenvalue weighted by Gasteiger charge is 2.35. The van der Waals surface area contributed by atoms with Crippen LogP contribution in [0.15, 0.2) is 53.9 Å². The third-order valence-electron chi connectivity index (χ3n) is 4.42. The van der Waals surface area contributed by atoms with Crippen LogP contribution < -0.4 is 10.2 Å². The van der Waals surface area contributed by atoms with Gasteiger partial charge in [-0.2, -0.15) is 5.26 Å². The molecule has 1 aliphatic heterocycles. The van der Waals surface area contributed by atoms with E-state index in [0.29, 0.717) is 16.3 Å². The van der Waals surface area contributed by atoms with Crippen LogP contribution in [0.1, 0.15) is 39.7 Å². The minimum absolute atomic E-state index is 0.0812. The molecule has 1 aliphatic rings. The smallest absolute Gasteiger partial charge is 0.262 e. The number of benzene rings is 2. The first kappa shape index (κ1) is 16.3. The third-order valence-corrected chi connectivity index (χ3v) is 5.32. The first-order chi connectivity index (χ1) is 12.7. The summed E-state index contributed by atoms with van der Waals surface area (Å²) >= 11 is 1.37. The number of hydrogen-bond acceptors (Lipinski definition) is 5. The topological polar surface area (TPSA) is 69.0 Å². The van der Waals surface area contributed by atoms with Crippen LogP contribution in [0.25, 0.3) is 0 Å². The number of aryl methyl sites for hydroxylation is 1. The summed E-state index contributed by atoms with van der Waals surface area (Å²) in [6.07, 6.45) is 0.494. The number of fused-ring (bicyclic) bond motifs is 1. The number of thiazole rings is 1. The molecule has 0 fully saturated rings. The van der Waals surface area contributed by atoms with Crippen LogP contribution in [0.2, 0.25) is 0 Å². The van der Waals surface area contributed by atoms with Crippen molar-refractivity contribution >= 4 is 28.6 Å². The molecule has 1 aromatic heterocycles. The average molecular weight is 360 g/mol. The minimum atomic E-state index is -0.447. The molecule has 0 saturated heterocycles. The van der Waals surface area contributed by atoms with Gasteiger partial charge in [0.1, 0.15) is 11.1 Å². The van der Waals surface area contributed by atoms with Crippen LogP contribution in [-0.2, 0) is 6.42 Å². The van der Waals surface area contributed by atoms with Crippen molar-refractivity contribution in [2.75, 3.05) is 10.2 Å². The minimum Gasteiger partial charge on any atom is -0.359 e. The van der Waals surface area contributed by atoms with Crippen molar-refractivity contribution in [2.24, 2.45) is 0 Å². The number of anilines is 2. The molecule has 0 aliphatic carbocycles. The van der Waals surface area contributed by atoms with Gasteiger partial charge in [0.15, 0.2) is 11.9 Å². The Bertz CT molecular complexity index is 1000. The van der Waals surface area contributed by atoms with E-state index in [1.807, 2.05) is 48.5 Å². The molecule has 128 valence electrons. The summed E-state index contributed by atoms with van der Waals surface area (Å²) in [5.74, 6) is -0.0812. The Kier molecular flexibility index (Phi) is 4.15. The van der Waals surface area contributed by atoms with Gasteiger partial charge in [-0.15, -0.1) is 11.3 Å². The van der Waals surface area contributed by atoms with Gasteiger partial charge in [0.05, 0.1) is 5.56 Å². The first-order valence-corrected chi connectivity index (χ1v) is 9.23. The molecule has 4 rings (SSSR count). The predicted molar refractivity (Wildman–Crippen MR) is 102 cm³/mol. The highest BCUT2D eigenvalue weighted by atomic mass is 32.1. The summed E-state index contributed by atoms with van der Waals surface area (Å²) in [5, 5.41) is 14.9. The van der Waals surface area contributed by atoms with E-state index < -0.39 is 6.17 Å². The van der Waals surface area contributed by atoms with E-state index in [-0.39, 0.29) is 5.91 Å². The lowest BCUT2D eigenvalue weighted by Crippen LogP contribution is -2.43. The van der Waals surface area contributed by atoms with E-state index in [9.17, 15) is 4.79 Å². The standard InChI is InChI=1S/C20H16N4OS/c1-2-13-7-9-15(10-8-13)24-18(19-22-14(11-21)12-26-19)23-17-6-4-3-5-16(17)20(24)25/h3-10,12,18,23H,2H2,1H3. The number of carbonyl (C=O) groups excluding carboxylic acids is 1. The van der Waals surface area contributed by atoms with E-state index in [2.05, 4.69) is 23.3 Å². The predicted octanol–water partition coefficient (Wildman–Crippen LogP) is 4.35. The lowest BCUT2D eigenvalue weighted by Gasteiger charge is -2.36. The summed E-state index contributed by atoms with van der Waals surface area (Å²) < 4.78 is 0. The van der Waals surface area contributed by atoms with Crippen LogP contribution >= 0.6 is 11.3 Å². The van der Waals surface area contributed by atoms with Gasteiger partial charge < -0.3 is 5.32 Å². The number of carbonyl (C=O) groups is 1. The van der Waals surface area contributed by atoms with Crippen LogP contribution in [0.4, 0.5) is 11.4 Å². The molecule has 1 amide bonds. The molecule has 0 saturated carbocycles. The molecule has 1 atom stereocenters. The molecule has 1 unspecified atom stereocenters. The fourth-order valence-electron chi connectivity index (χ4n) is 3.05. The molecule has 2 aromatic carbocycles. The molecular formula is C20H16N4OS. The summed E-state index contributed by atoms with van der Waals surface area (Å²) in [5.41, 5.74) is 3.77. The number of rotatable bonds is 3. The Morgan fingerprint density at radius 1 is 1.23 bits per heavy atom. The van der Waals surface area contributed by atoms with Crippen molar-refractivity contribution in [3.63, 3.8) is 0 Å². The normalized spacial score (nSPS) is 15.9. The Balaban J connectivity index is 1.82. The van der Waals surface area contributed by atoms with Crippen molar-refractivity contribution in [1.29, 1.82) is 5.26 Å². The first-order valence-electron chi connectivity index (χ1n) is 8.35. The van der Waals surface area contributed by atoms with E-state index >= 15 is 0 Å². The molecule has 5 nitrogen and oxygen atoms in total. The largest absolute Gasteiger partial charge is 0.359 e. The fraction of sp³-hybridized carbons (Fsp3) is 0.150. The monoisotopic (exact) mass is 360 g/mol. The van der Waals surface area contributed by atoms with Gasteiger partial charge in [0.2, 0.25) is 0 Å². The lowest BCUT2D eigenvalue weighted by molar-refractivity contribution is 0.0975. The Morgan fingerprint density at radius 2 is 2.00 bits per heavy atom. The van der Waals surface area contributed by atoms with Gasteiger partial charge >= 0.3 is 0 Å².